The molecule has 2 nitrogen and oxygen atoms in total. The molecule has 0 aromatic rings. The van der Waals surface area contributed by atoms with Gasteiger partial charge in [0.05, 0.1) is 12.2 Å². The van der Waals surface area contributed by atoms with Crippen LogP contribution < -0.4 is 0 Å². The Morgan fingerprint density at radius 3 is 2.17 bits per heavy atom. The van der Waals surface area contributed by atoms with Crippen molar-refractivity contribution in [2.75, 3.05) is 19.6 Å². The zero-order chi connectivity index (χ0) is 9.14. The fourth-order valence-electron chi connectivity index (χ4n) is 1.95. The van der Waals surface area contributed by atoms with E-state index in [-0.39, 0.29) is 0 Å². The van der Waals surface area contributed by atoms with Crippen LogP contribution >= 0.6 is 0 Å². The third-order valence-corrected chi connectivity index (χ3v) is 2.12. The van der Waals surface area contributed by atoms with Gasteiger partial charge in [0.1, 0.15) is 0 Å². The second-order valence-corrected chi connectivity index (χ2v) is 4.37. The molecule has 0 spiro atoms. The van der Waals surface area contributed by atoms with Crippen molar-refractivity contribution in [1.82, 2.24) is 4.90 Å². The molecule has 2 heteroatoms. The van der Waals surface area contributed by atoms with Crippen molar-refractivity contribution in [3.05, 3.63) is 0 Å². The minimum absolute atomic E-state index is 0.410. The first-order valence-electron chi connectivity index (χ1n) is 4.95. The first kappa shape index (κ1) is 10.0. The van der Waals surface area contributed by atoms with Gasteiger partial charge < -0.3 is 4.74 Å². The Balaban J connectivity index is 2.34. The third-order valence-electron chi connectivity index (χ3n) is 2.12. The smallest absolute Gasteiger partial charge is 0.0678 e. The van der Waals surface area contributed by atoms with Crippen molar-refractivity contribution < 1.29 is 4.74 Å². The predicted molar refractivity (Wildman–Crippen MR) is 51.3 cm³/mol. The molecule has 0 unspecified atom stereocenters. The summed E-state index contributed by atoms with van der Waals surface area (Å²) in [5, 5.41) is 0. The highest BCUT2D eigenvalue weighted by Crippen LogP contribution is 2.11. The van der Waals surface area contributed by atoms with E-state index in [1.807, 2.05) is 0 Å². The molecule has 1 fully saturated rings. The summed E-state index contributed by atoms with van der Waals surface area (Å²) in [4.78, 5) is 2.50. The van der Waals surface area contributed by atoms with Gasteiger partial charge in [0, 0.05) is 19.6 Å². The summed E-state index contributed by atoms with van der Waals surface area (Å²) in [6.07, 6.45) is 0.819. The van der Waals surface area contributed by atoms with E-state index in [1.54, 1.807) is 0 Å². The van der Waals surface area contributed by atoms with E-state index in [0.717, 1.165) is 19.0 Å². The number of nitrogens with zero attached hydrogens (tertiary/aromatic N) is 1. The molecule has 0 N–H and O–H groups in total. The van der Waals surface area contributed by atoms with Crippen LogP contribution in [0.2, 0.25) is 0 Å². The van der Waals surface area contributed by atoms with Crippen LogP contribution in [0.1, 0.15) is 27.7 Å². The molecule has 0 aromatic carbocycles. The molecule has 1 aliphatic rings. The normalized spacial score (nSPS) is 32.8. The molecule has 0 saturated carbocycles. The molecule has 72 valence electrons. The van der Waals surface area contributed by atoms with Gasteiger partial charge in [-0.3, -0.25) is 4.90 Å². The maximum absolute atomic E-state index is 5.66. The Kier molecular flexibility index (Phi) is 3.53. The lowest BCUT2D eigenvalue weighted by atomic mass is 10.1. The average Bonchev–Trinajstić information content (AvgIpc) is 1.81. The Morgan fingerprint density at radius 2 is 1.75 bits per heavy atom. The molecular weight excluding hydrogens is 150 g/mol. The van der Waals surface area contributed by atoms with E-state index in [0.29, 0.717) is 12.2 Å². The van der Waals surface area contributed by atoms with Gasteiger partial charge in [-0.25, -0.2) is 0 Å². The molecule has 1 aliphatic heterocycles. The average molecular weight is 171 g/mol. The standard InChI is InChI=1S/C10H21NO/c1-8(2)5-11-6-9(3)12-10(4)7-11/h8-10H,5-7H2,1-4H3/t9-,10+. The molecule has 0 radical (unpaired) electrons. The number of hydrogen-bond donors (Lipinski definition) is 0. The zero-order valence-electron chi connectivity index (χ0n) is 8.71. The Labute approximate surface area is 75.9 Å². The van der Waals surface area contributed by atoms with Crippen LogP contribution in [0.4, 0.5) is 0 Å². The highest BCUT2D eigenvalue weighted by atomic mass is 16.5. The third kappa shape index (κ3) is 3.11. The molecule has 2 atom stereocenters. The van der Waals surface area contributed by atoms with Crippen LogP contribution in [0.15, 0.2) is 0 Å². The molecule has 12 heavy (non-hydrogen) atoms. The van der Waals surface area contributed by atoms with Crippen LogP contribution in [0.5, 0.6) is 0 Å². The van der Waals surface area contributed by atoms with Gasteiger partial charge >= 0.3 is 0 Å². The molecule has 0 bridgehead atoms. The molecule has 1 heterocycles. The van der Waals surface area contributed by atoms with Gasteiger partial charge in [-0.2, -0.15) is 0 Å². The van der Waals surface area contributed by atoms with E-state index in [2.05, 4.69) is 32.6 Å². The second-order valence-electron chi connectivity index (χ2n) is 4.37. The second kappa shape index (κ2) is 4.24. The van der Waals surface area contributed by atoms with Crippen molar-refractivity contribution in [3.8, 4) is 0 Å². The summed E-state index contributed by atoms with van der Waals surface area (Å²) < 4.78 is 5.66. The van der Waals surface area contributed by atoms with Crippen LogP contribution in [0.25, 0.3) is 0 Å². The summed E-state index contributed by atoms with van der Waals surface area (Å²) >= 11 is 0. The molecule has 0 amide bonds. The van der Waals surface area contributed by atoms with E-state index >= 15 is 0 Å². The highest BCUT2D eigenvalue weighted by Gasteiger charge is 2.21. The molecule has 0 aliphatic carbocycles. The number of ether oxygens (including phenoxy) is 1. The van der Waals surface area contributed by atoms with Crippen molar-refractivity contribution in [1.29, 1.82) is 0 Å². The Morgan fingerprint density at radius 1 is 1.25 bits per heavy atom. The van der Waals surface area contributed by atoms with Gasteiger partial charge in [0.15, 0.2) is 0 Å². The number of morpholine rings is 1. The van der Waals surface area contributed by atoms with Crippen molar-refractivity contribution in [2.45, 2.75) is 39.9 Å². The summed E-state index contributed by atoms with van der Waals surface area (Å²) in [7, 11) is 0. The van der Waals surface area contributed by atoms with Gasteiger partial charge in [-0.15, -0.1) is 0 Å². The van der Waals surface area contributed by atoms with E-state index < -0.39 is 0 Å². The highest BCUT2D eigenvalue weighted by molar-refractivity contribution is 4.73. The zero-order valence-corrected chi connectivity index (χ0v) is 8.71. The van der Waals surface area contributed by atoms with Crippen LogP contribution in [-0.4, -0.2) is 36.7 Å². The fraction of sp³-hybridized carbons (Fsp3) is 1.00. The van der Waals surface area contributed by atoms with Crippen LogP contribution in [0.3, 0.4) is 0 Å². The summed E-state index contributed by atoms with van der Waals surface area (Å²) in [6.45, 7) is 12.3. The van der Waals surface area contributed by atoms with E-state index in [4.69, 9.17) is 4.74 Å². The first-order chi connectivity index (χ1) is 5.58. The van der Waals surface area contributed by atoms with Crippen molar-refractivity contribution in [2.24, 2.45) is 5.92 Å². The van der Waals surface area contributed by atoms with Crippen LogP contribution in [0, 0.1) is 5.92 Å². The quantitative estimate of drug-likeness (QED) is 0.627. The minimum Gasteiger partial charge on any atom is -0.373 e. The van der Waals surface area contributed by atoms with Crippen LogP contribution in [-0.2, 0) is 4.74 Å². The van der Waals surface area contributed by atoms with E-state index in [9.17, 15) is 0 Å². The van der Waals surface area contributed by atoms with Gasteiger partial charge in [0.25, 0.3) is 0 Å². The predicted octanol–water partition coefficient (Wildman–Crippen LogP) is 1.75. The lowest BCUT2D eigenvalue weighted by molar-refractivity contribution is -0.0704. The van der Waals surface area contributed by atoms with Gasteiger partial charge in [0.2, 0.25) is 0 Å². The molecule has 1 saturated heterocycles. The van der Waals surface area contributed by atoms with Crippen molar-refractivity contribution in [3.63, 3.8) is 0 Å². The lowest BCUT2D eigenvalue weighted by Gasteiger charge is -2.36. The van der Waals surface area contributed by atoms with Crippen molar-refractivity contribution >= 4 is 0 Å². The summed E-state index contributed by atoms with van der Waals surface area (Å²) in [5.74, 6) is 0.766. The monoisotopic (exact) mass is 171 g/mol. The topological polar surface area (TPSA) is 12.5 Å². The fourth-order valence-corrected chi connectivity index (χ4v) is 1.95. The minimum atomic E-state index is 0.410. The lowest BCUT2D eigenvalue weighted by Crippen LogP contribution is -2.46. The first-order valence-corrected chi connectivity index (χ1v) is 4.95. The van der Waals surface area contributed by atoms with E-state index in [1.165, 1.54) is 6.54 Å². The maximum Gasteiger partial charge on any atom is 0.0678 e. The maximum atomic E-state index is 5.66. The Bertz CT molecular complexity index is 123. The Hall–Kier alpha value is -0.0800. The summed E-state index contributed by atoms with van der Waals surface area (Å²) in [6, 6.07) is 0. The largest absolute Gasteiger partial charge is 0.373 e. The molecule has 1 rings (SSSR count). The summed E-state index contributed by atoms with van der Waals surface area (Å²) in [5.41, 5.74) is 0. The van der Waals surface area contributed by atoms with Gasteiger partial charge in [-0.05, 0) is 19.8 Å². The molecule has 0 aromatic heterocycles. The number of rotatable bonds is 2. The SMILES string of the molecule is CC(C)CN1C[C@@H](C)O[C@@H](C)C1. The van der Waals surface area contributed by atoms with Gasteiger partial charge in [-0.1, -0.05) is 13.8 Å². The molecular formula is C10H21NO. The number of hydrogen-bond acceptors (Lipinski definition) is 2.